The zero-order chi connectivity index (χ0) is 18.4. The average molecular weight is 357 g/mol. The Morgan fingerprint density at radius 2 is 1.72 bits per heavy atom. The molecule has 2 aromatic carbocycles. The molecular formula is C20H23NO3S. The van der Waals surface area contributed by atoms with Gasteiger partial charge in [0.2, 0.25) is 10.0 Å². The zero-order valence-corrected chi connectivity index (χ0v) is 15.8. The van der Waals surface area contributed by atoms with Crippen LogP contribution in [0.3, 0.4) is 0 Å². The molecule has 0 aliphatic carbocycles. The van der Waals surface area contributed by atoms with Crippen molar-refractivity contribution in [2.75, 3.05) is 0 Å². The molecular weight excluding hydrogens is 334 g/mol. The van der Waals surface area contributed by atoms with Crippen molar-refractivity contribution in [1.82, 2.24) is 4.72 Å². The fourth-order valence-corrected chi connectivity index (χ4v) is 3.82. The van der Waals surface area contributed by atoms with Gasteiger partial charge >= 0.3 is 0 Å². The Hall–Kier alpha value is -2.11. The van der Waals surface area contributed by atoms with Gasteiger partial charge in [-0.25, -0.2) is 8.42 Å². The SMILES string of the molecule is C=C1c2ccc(C(C)(C)C)cc2OC1NS(=O)(=O)c1ccc(C)cc1. The van der Waals surface area contributed by atoms with Gasteiger partial charge in [-0.05, 0) is 36.1 Å². The molecule has 1 heterocycles. The third kappa shape index (κ3) is 3.48. The molecule has 2 aromatic rings. The molecule has 0 aromatic heterocycles. The topological polar surface area (TPSA) is 55.4 Å². The molecule has 1 unspecified atom stereocenters. The Kier molecular flexibility index (Phi) is 4.25. The van der Waals surface area contributed by atoms with Crippen LogP contribution in [-0.2, 0) is 15.4 Å². The fourth-order valence-electron chi connectivity index (χ4n) is 2.71. The molecule has 132 valence electrons. The molecule has 0 spiro atoms. The fraction of sp³-hybridized carbons (Fsp3) is 0.300. The number of rotatable bonds is 3. The summed E-state index contributed by atoms with van der Waals surface area (Å²) in [6.07, 6.45) is -0.795. The van der Waals surface area contributed by atoms with Crippen LogP contribution in [0.2, 0.25) is 0 Å². The number of sulfonamides is 1. The molecule has 0 radical (unpaired) electrons. The number of fused-ring (bicyclic) bond motifs is 1. The third-order valence-corrected chi connectivity index (χ3v) is 5.77. The minimum atomic E-state index is -3.69. The monoisotopic (exact) mass is 357 g/mol. The Morgan fingerprint density at radius 1 is 1.08 bits per heavy atom. The van der Waals surface area contributed by atoms with Gasteiger partial charge in [-0.15, -0.1) is 0 Å². The van der Waals surface area contributed by atoms with Crippen LogP contribution < -0.4 is 9.46 Å². The maximum atomic E-state index is 12.6. The summed E-state index contributed by atoms with van der Waals surface area (Å²) >= 11 is 0. The van der Waals surface area contributed by atoms with Crippen LogP contribution >= 0.6 is 0 Å². The summed E-state index contributed by atoms with van der Waals surface area (Å²) in [4.78, 5) is 0.209. The molecule has 0 bridgehead atoms. The molecule has 0 amide bonds. The molecule has 1 N–H and O–H groups in total. The van der Waals surface area contributed by atoms with Gasteiger partial charge in [0.15, 0.2) is 6.23 Å². The molecule has 0 saturated heterocycles. The number of hydrogen-bond acceptors (Lipinski definition) is 3. The number of aryl methyl sites for hydroxylation is 1. The standard InChI is InChI=1S/C20H23NO3S/c1-13-6-9-16(10-7-13)25(22,23)21-19-14(2)17-11-8-15(20(3,4)5)12-18(17)24-19/h6-12,19,21H,2H2,1,3-5H3. The minimum absolute atomic E-state index is 0.0147. The number of hydrogen-bond donors (Lipinski definition) is 1. The van der Waals surface area contributed by atoms with Gasteiger partial charge in [-0.3, -0.25) is 0 Å². The Labute approximate surface area is 149 Å². The first kappa shape index (κ1) is 17.7. The van der Waals surface area contributed by atoms with Crippen molar-refractivity contribution in [2.24, 2.45) is 0 Å². The Balaban J connectivity index is 1.85. The summed E-state index contributed by atoms with van der Waals surface area (Å²) in [7, 11) is -3.69. The lowest BCUT2D eigenvalue weighted by atomic mass is 9.86. The average Bonchev–Trinajstić information content (AvgIpc) is 2.82. The lowest BCUT2D eigenvalue weighted by Gasteiger charge is -2.19. The van der Waals surface area contributed by atoms with Crippen LogP contribution in [0, 0.1) is 6.92 Å². The summed E-state index contributed by atoms with van der Waals surface area (Å²) in [5, 5.41) is 0. The van der Waals surface area contributed by atoms with Crippen molar-refractivity contribution in [2.45, 2.75) is 44.2 Å². The predicted molar refractivity (Wildman–Crippen MR) is 100 cm³/mol. The van der Waals surface area contributed by atoms with Crippen LogP contribution in [-0.4, -0.2) is 14.6 Å². The third-order valence-electron chi connectivity index (χ3n) is 4.35. The maximum Gasteiger partial charge on any atom is 0.243 e. The molecule has 4 nitrogen and oxygen atoms in total. The van der Waals surface area contributed by atoms with E-state index in [1.807, 2.05) is 25.1 Å². The van der Waals surface area contributed by atoms with E-state index >= 15 is 0 Å². The second-order valence-electron chi connectivity index (χ2n) is 7.42. The van der Waals surface area contributed by atoms with Gasteiger partial charge in [-0.2, -0.15) is 4.72 Å². The van der Waals surface area contributed by atoms with Crippen molar-refractivity contribution in [3.8, 4) is 5.75 Å². The summed E-state index contributed by atoms with van der Waals surface area (Å²) in [5.41, 5.74) is 3.57. The highest BCUT2D eigenvalue weighted by Crippen LogP contribution is 2.39. The van der Waals surface area contributed by atoms with E-state index in [0.29, 0.717) is 11.3 Å². The molecule has 0 fully saturated rings. The maximum absolute atomic E-state index is 12.6. The molecule has 1 aliphatic heterocycles. The van der Waals surface area contributed by atoms with E-state index in [0.717, 1.165) is 16.7 Å². The van der Waals surface area contributed by atoms with Crippen LogP contribution in [0.4, 0.5) is 0 Å². The van der Waals surface area contributed by atoms with Crippen LogP contribution in [0.5, 0.6) is 5.75 Å². The van der Waals surface area contributed by atoms with Gasteiger partial charge < -0.3 is 4.74 Å². The van der Waals surface area contributed by atoms with E-state index in [9.17, 15) is 8.42 Å². The Bertz CT molecular complexity index is 922. The zero-order valence-electron chi connectivity index (χ0n) is 15.0. The van der Waals surface area contributed by atoms with Crippen molar-refractivity contribution in [3.05, 3.63) is 65.7 Å². The molecule has 3 rings (SSSR count). The first-order valence-electron chi connectivity index (χ1n) is 8.17. The minimum Gasteiger partial charge on any atom is -0.469 e. The lowest BCUT2D eigenvalue weighted by molar-refractivity contribution is 0.264. The quantitative estimate of drug-likeness (QED) is 0.903. The van der Waals surface area contributed by atoms with Gasteiger partial charge in [0.1, 0.15) is 5.75 Å². The smallest absolute Gasteiger partial charge is 0.243 e. The van der Waals surface area contributed by atoms with Crippen molar-refractivity contribution in [1.29, 1.82) is 0 Å². The normalized spacial score (nSPS) is 17.3. The van der Waals surface area contributed by atoms with E-state index in [1.165, 1.54) is 0 Å². The highest BCUT2D eigenvalue weighted by atomic mass is 32.2. The first-order valence-corrected chi connectivity index (χ1v) is 9.65. The predicted octanol–water partition coefficient (Wildman–Crippen LogP) is 4.00. The van der Waals surface area contributed by atoms with E-state index in [1.54, 1.807) is 24.3 Å². The van der Waals surface area contributed by atoms with Gasteiger partial charge in [0.25, 0.3) is 0 Å². The number of nitrogens with one attached hydrogen (secondary N) is 1. The summed E-state index contributed by atoms with van der Waals surface area (Å²) < 4.78 is 33.6. The van der Waals surface area contributed by atoms with Crippen LogP contribution in [0.1, 0.15) is 37.5 Å². The van der Waals surface area contributed by atoms with Gasteiger partial charge in [0.05, 0.1) is 4.90 Å². The highest BCUT2D eigenvalue weighted by Gasteiger charge is 2.32. The summed E-state index contributed by atoms with van der Waals surface area (Å²) in [6.45, 7) is 12.3. The number of ether oxygens (including phenoxy) is 1. The van der Waals surface area contributed by atoms with E-state index in [-0.39, 0.29) is 10.3 Å². The second kappa shape index (κ2) is 6.00. The largest absolute Gasteiger partial charge is 0.469 e. The van der Waals surface area contributed by atoms with E-state index in [4.69, 9.17) is 4.74 Å². The van der Waals surface area contributed by atoms with E-state index in [2.05, 4.69) is 32.1 Å². The molecule has 1 aliphatic rings. The summed E-state index contributed by atoms with van der Waals surface area (Å²) in [5.74, 6) is 0.661. The van der Waals surface area contributed by atoms with Gasteiger partial charge in [0, 0.05) is 11.1 Å². The summed E-state index contributed by atoms with van der Waals surface area (Å²) in [6, 6.07) is 12.6. The van der Waals surface area contributed by atoms with Crippen molar-refractivity contribution in [3.63, 3.8) is 0 Å². The highest BCUT2D eigenvalue weighted by molar-refractivity contribution is 7.89. The number of benzene rings is 2. The lowest BCUT2D eigenvalue weighted by Crippen LogP contribution is -2.37. The molecule has 1 atom stereocenters. The van der Waals surface area contributed by atoms with Crippen LogP contribution in [0.15, 0.2) is 53.9 Å². The van der Waals surface area contributed by atoms with Crippen molar-refractivity contribution >= 4 is 15.6 Å². The first-order chi connectivity index (χ1) is 11.6. The van der Waals surface area contributed by atoms with Crippen LogP contribution in [0.25, 0.3) is 5.57 Å². The van der Waals surface area contributed by atoms with Gasteiger partial charge in [-0.1, -0.05) is 57.2 Å². The molecule has 5 heteroatoms. The molecule has 0 saturated carbocycles. The van der Waals surface area contributed by atoms with E-state index < -0.39 is 16.3 Å². The Morgan fingerprint density at radius 3 is 2.32 bits per heavy atom. The van der Waals surface area contributed by atoms with Crippen molar-refractivity contribution < 1.29 is 13.2 Å². The second-order valence-corrected chi connectivity index (χ2v) is 9.13. The molecule has 25 heavy (non-hydrogen) atoms.